The second-order valence-corrected chi connectivity index (χ2v) is 8.32. The van der Waals surface area contributed by atoms with Crippen LogP contribution in [0.5, 0.6) is 0 Å². The van der Waals surface area contributed by atoms with Crippen LogP contribution in [0.2, 0.25) is 0 Å². The van der Waals surface area contributed by atoms with Crippen LogP contribution in [0.4, 0.5) is 0 Å². The molecule has 1 saturated heterocycles. The van der Waals surface area contributed by atoms with Crippen molar-refractivity contribution in [1.29, 1.82) is 0 Å². The van der Waals surface area contributed by atoms with E-state index < -0.39 is 16.1 Å². The highest BCUT2D eigenvalue weighted by atomic mass is 32.2. The molecule has 2 aromatic heterocycles. The standard InChI is InChI=1S/C18H20N4O4S/c1-2-16-20-21-18(26-16)15-11-22(9-10-25-15)27(23,24)12-14-6-3-5-13-7-4-8-19-17(13)14/h3-8,15H,2,9-12H2,1H3/t15-/m1/s1. The average Bonchev–Trinajstić information content (AvgIpc) is 3.18. The Morgan fingerprint density at radius 2 is 2.07 bits per heavy atom. The smallest absolute Gasteiger partial charge is 0.246 e. The first-order valence-electron chi connectivity index (χ1n) is 8.81. The van der Waals surface area contributed by atoms with E-state index in [1.165, 1.54) is 4.31 Å². The van der Waals surface area contributed by atoms with Gasteiger partial charge in [-0.1, -0.05) is 31.2 Å². The summed E-state index contributed by atoms with van der Waals surface area (Å²) in [5, 5.41) is 8.82. The molecule has 1 atom stereocenters. The largest absolute Gasteiger partial charge is 0.422 e. The number of fused-ring (bicyclic) bond motifs is 1. The van der Waals surface area contributed by atoms with Crippen LogP contribution in [-0.2, 0) is 26.9 Å². The first-order valence-corrected chi connectivity index (χ1v) is 10.4. The minimum absolute atomic E-state index is 0.113. The number of benzene rings is 1. The number of ether oxygens (including phenoxy) is 1. The van der Waals surface area contributed by atoms with E-state index in [9.17, 15) is 8.42 Å². The minimum Gasteiger partial charge on any atom is -0.422 e. The summed E-state index contributed by atoms with van der Waals surface area (Å²) in [4.78, 5) is 4.34. The molecule has 1 aliphatic rings. The lowest BCUT2D eigenvalue weighted by molar-refractivity contribution is -0.0178. The fourth-order valence-electron chi connectivity index (χ4n) is 3.14. The van der Waals surface area contributed by atoms with Crippen LogP contribution < -0.4 is 0 Å². The number of hydrogen-bond donors (Lipinski definition) is 0. The molecule has 0 radical (unpaired) electrons. The van der Waals surface area contributed by atoms with Crippen LogP contribution >= 0.6 is 0 Å². The topological polar surface area (TPSA) is 98.4 Å². The summed E-state index contributed by atoms with van der Waals surface area (Å²) >= 11 is 0. The molecular weight excluding hydrogens is 368 g/mol. The third kappa shape index (κ3) is 3.71. The van der Waals surface area contributed by atoms with Crippen molar-refractivity contribution in [2.75, 3.05) is 19.7 Å². The number of pyridine rings is 1. The molecule has 0 saturated carbocycles. The summed E-state index contributed by atoms with van der Waals surface area (Å²) < 4.78 is 38.6. The van der Waals surface area contributed by atoms with E-state index >= 15 is 0 Å². The van der Waals surface area contributed by atoms with Crippen LogP contribution in [0.25, 0.3) is 10.9 Å². The number of hydrogen-bond acceptors (Lipinski definition) is 7. The van der Waals surface area contributed by atoms with Gasteiger partial charge in [0.2, 0.25) is 21.8 Å². The molecule has 1 aliphatic heterocycles. The molecule has 142 valence electrons. The lowest BCUT2D eigenvalue weighted by Crippen LogP contribution is -2.42. The fourth-order valence-corrected chi connectivity index (χ4v) is 4.66. The van der Waals surface area contributed by atoms with Gasteiger partial charge in [0.1, 0.15) is 6.10 Å². The molecule has 27 heavy (non-hydrogen) atoms. The van der Waals surface area contributed by atoms with E-state index in [1.54, 1.807) is 12.3 Å². The van der Waals surface area contributed by atoms with Crippen molar-refractivity contribution in [3.05, 3.63) is 53.9 Å². The van der Waals surface area contributed by atoms with Crippen LogP contribution in [-0.4, -0.2) is 47.6 Å². The zero-order chi connectivity index (χ0) is 18.9. The lowest BCUT2D eigenvalue weighted by atomic mass is 10.1. The molecule has 9 heteroatoms. The van der Waals surface area contributed by atoms with Gasteiger partial charge in [-0.25, -0.2) is 8.42 Å². The van der Waals surface area contributed by atoms with Crippen molar-refractivity contribution in [2.45, 2.75) is 25.2 Å². The maximum Gasteiger partial charge on any atom is 0.246 e. The van der Waals surface area contributed by atoms with Gasteiger partial charge < -0.3 is 9.15 Å². The number of rotatable bonds is 5. The number of sulfonamides is 1. The van der Waals surface area contributed by atoms with E-state index in [1.807, 2.05) is 31.2 Å². The van der Waals surface area contributed by atoms with Crippen molar-refractivity contribution in [2.24, 2.45) is 0 Å². The lowest BCUT2D eigenvalue weighted by Gasteiger charge is -2.30. The Hall–Kier alpha value is -2.36. The van der Waals surface area contributed by atoms with Gasteiger partial charge >= 0.3 is 0 Å². The van der Waals surface area contributed by atoms with Gasteiger partial charge in [-0.2, -0.15) is 4.31 Å². The van der Waals surface area contributed by atoms with Crippen molar-refractivity contribution in [1.82, 2.24) is 19.5 Å². The summed E-state index contributed by atoms with van der Waals surface area (Å²) in [7, 11) is -3.54. The highest BCUT2D eigenvalue weighted by Gasteiger charge is 2.33. The predicted molar refractivity (Wildman–Crippen MR) is 98.3 cm³/mol. The Bertz CT molecular complexity index is 1040. The molecule has 0 bridgehead atoms. The van der Waals surface area contributed by atoms with Gasteiger partial charge in [0.05, 0.1) is 17.9 Å². The van der Waals surface area contributed by atoms with E-state index in [4.69, 9.17) is 9.15 Å². The molecule has 0 unspecified atom stereocenters. The van der Waals surface area contributed by atoms with E-state index in [-0.39, 0.29) is 18.9 Å². The van der Waals surface area contributed by atoms with Crippen molar-refractivity contribution >= 4 is 20.9 Å². The molecule has 3 aromatic rings. The molecular formula is C18H20N4O4S. The van der Waals surface area contributed by atoms with E-state index in [0.29, 0.717) is 35.8 Å². The molecule has 0 N–H and O–H groups in total. The van der Waals surface area contributed by atoms with Crippen LogP contribution in [0.15, 0.2) is 40.9 Å². The highest BCUT2D eigenvalue weighted by molar-refractivity contribution is 7.88. The molecule has 0 spiro atoms. The number of aromatic nitrogens is 3. The molecule has 3 heterocycles. The highest BCUT2D eigenvalue weighted by Crippen LogP contribution is 2.26. The van der Waals surface area contributed by atoms with Crippen molar-refractivity contribution < 1.29 is 17.6 Å². The Morgan fingerprint density at radius 1 is 1.22 bits per heavy atom. The second-order valence-electron chi connectivity index (χ2n) is 6.35. The zero-order valence-corrected chi connectivity index (χ0v) is 15.7. The second kappa shape index (κ2) is 7.34. The molecule has 1 aromatic carbocycles. The Morgan fingerprint density at radius 3 is 2.89 bits per heavy atom. The first kappa shape index (κ1) is 18.0. The number of nitrogens with zero attached hydrogens (tertiary/aromatic N) is 4. The summed E-state index contributed by atoms with van der Waals surface area (Å²) in [6.07, 6.45) is 1.74. The first-order chi connectivity index (χ1) is 13.1. The monoisotopic (exact) mass is 388 g/mol. The predicted octanol–water partition coefficient (Wildman–Crippen LogP) is 2.08. The maximum atomic E-state index is 13.0. The minimum atomic E-state index is -3.54. The third-order valence-corrected chi connectivity index (χ3v) is 6.33. The molecule has 0 amide bonds. The van der Waals surface area contributed by atoms with Gasteiger partial charge in [-0.3, -0.25) is 4.98 Å². The fraction of sp³-hybridized carbons (Fsp3) is 0.389. The van der Waals surface area contributed by atoms with Crippen molar-refractivity contribution in [3.8, 4) is 0 Å². The summed E-state index contributed by atoms with van der Waals surface area (Å²) in [6, 6.07) is 9.33. The normalized spacial score (nSPS) is 18.8. The summed E-state index contributed by atoms with van der Waals surface area (Å²) in [5.74, 6) is 0.715. The SMILES string of the molecule is CCc1nnc([C@H]2CN(S(=O)(=O)Cc3cccc4cccnc34)CCO2)o1. The van der Waals surface area contributed by atoms with Gasteiger partial charge in [-0.05, 0) is 11.6 Å². The Kier molecular flexibility index (Phi) is 4.90. The third-order valence-electron chi connectivity index (χ3n) is 4.54. The quantitative estimate of drug-likeness (QED) is 0.660. The van der Waals surface area contributed by atoms with Crippen LogP contribution in [0.1, 0.15) is 30.4 Å². The Balaban J connectivity index is 1.56. The summed E-state index contributed by atoms with van der Waals surface area (Å²) in [5.41, 5.74) is 1.39. The van der Waals surface area contributed by atoms with E-state index in [2.05, 4.69) is 15.2 Å². The number of morpholine rings is 1. The summed E-state index contributed by atoms with van der Waals surface area (Å²) in [6.45, 7) is 2.65. The average molecular weight is 388 g/mol. The van der Waals surface area contributed by atoms with Gasteiger partial charge in [0.15, 0.2) is 0 Å². The molecule has 1 fully saturated rings. The molecule has 0 aliphatic carbocycles. The van der Waals surface area contributed by atoms with E-state index in [0.717, 1.165) is 5.39 Å². The van der Waals surface area contributed by atoms with Crippen LogP contribution in [0, 0.1) is 0 Å². The van der Waals surface area contributed by atoms with Gasteiger partial charge in [-0.15, -0.1) is 10.2 Å². The number of aryl methyl sites for hydroxylation is 1. The van der Waals surface area contributed by atoms with Crippen LogP contribution in [0.3, 0.4) is 0 Å². The Labute approximate surface area is 157 Å². The van der Waals surface area contributed by atoms with Gasteiger partial charge in [0, 0.05) is 31.1 Å². The zero-order valence-electron chi connectivity index (χ0n) is 14.9. The molecule has 8 nitrogen and oxygen atoms in total. The maximum absolute atomic E-state index is 13.0. The van der Waals surface area contributed by atoms with Gasteiger partial charge in [0.25, 0.3) is 0 Å². The van der Waals surface area contributed by atoms with Crippen molar-refractivity contribution in [3.63, 3.8) is 0 Å². The molecule has 4 rings (SSSR count). The number of para-hydroxylation sites is 1.